The van der Waals surface area contributed by atoms with Gasteiger partial charge in [-0.3, -0.25) is 9.78 Å². The van der Waals surface area contributed by atoms with Crippen LogP contribution >= 0.6 is 0 Å². The predicted molar refractivity (Wildman–Crippen MR) is 93.8 cm³/mol. The smallest absolute Gasteiger partial charge is 0.226 e. The number of aromatic nitrogens is 1. The van der Waals surface area contributed by atoms with Crippen molar-refractivity contribution in [3.05, 3.63) is 42.2 Å². The van der Waals surface area contributed by atoms with Crippen LogP contribution in [-0.2, 0) is 20.9 Å². The molecule has 25 heavy (non-hydrogen) atoms. The molecule has 0 radical (unpaired) electrons. The lowest BCUT2D eigenvalue weighted by Gasteiger charge is -2.34. The first kappa shape index (κ1) is 16.7. The van der Waals surface area contributed by atoms with Gasteiger partial charge in [-0.2, -0.15) is 0 Å². The van der Waals surface area contributed by atoms with Crippen LogP contribution in [0.25, 0.3) is 0 Å². The van der Waals surface area contributed by atoms with E-state index in [1.165, 1.54) is 0 Å². The van der Waals surface area contributed by atoms with Gasteiger partial charge in [0, 0.05) is 31.5 Å². The molecule has 134 valence electrons. The van der Waals surface area contributed by atoms with Crippen LogP contribution < -0.4 is 0 Å². The SMILES string of the molecule is O=C([C@@H]1CC=CCC1)N1C[C@@H](OCc2ccncc2)[C@H]2OCCC[C@H]21. The minimum atomic E-state index is -0.0402. The number of ether oxygens (including phenoxy) is 2. The molecule has 4 atom stereocenters. The number of carbonyl (C=O) groups excluding carboxylic acids is 1. The van der Waals surface area contributed by atoms with Crippen LogP contribution in [0.1, 0.15) is 37.7 Å². The van der Waals surface area contributed by atoms with Gasteiger partial charge in [0.25, 0.3) is 0 Å². The van der Waals surface area contributed by atoms with E-state index in [0.29, 0.717) is 19.1 Å². The Kier molecular flexibility index (Phi) is 5.13. The molecule has 2 fully saturated rings. The molecule has 0 aromatic carbocycles. The molecule has 2 aliphatic heterocycles. The third-order valence-corrected chi connectivity index (χ3v) is 5.59. The zero-order chi connectivity index (χ0) is 17.1. The van der Waals surface area contributed by atoms with Gasteiger partial charge in [0.1, 0.15) is 12.2 Å². The predicted octanol–water partition coefficient (Wildman–Crippen LogP) is 2.71. The Morgan fingerprint density at radius 1 is 1.28 bits per heavy atom. The minimum absolute atomic E-state index is 0.0127. The molecule has 0 spiro atoms. The van der Waals surface area contributed by atoms with E-state index in [4.69, 9.17) is 9.47 Å². The standard InChI is InChI=1S/C20H26N2O3/c23-20(16-5-2-1-3-6-16)22-13-18(19-17(22)7-4-12-24-19)25-14-15-8-10-21-11-9-15/h1-2,8-11,16-19H,3-7,12-14H2/t16-,17-,18-,19+/m1/s1. The van der Waals surface area contributed by atoms with Crippen LogP contribution in [-0.4, -0.2) is 47.2 Å². The fraction of sp³-hybridized carbons (Fsp3) is 0.600. The largest absolute Gasteiger partial charge is 0.373 e. The number of rotatable bonds is 4. The summed E-state index contributed by atoms with van der Waals surface area (Å²) < 4.78 is 12.2. The average Bonchev–Trinajstić information content (AvgIpc) is 3.06. The summed E-state index contributed by atoms with van der Waals surface area (Å²) in [7, 11) is 0. The van der Waals surface area contributed by atoms with Gasteiger partial charge in [0.15, 0.2) is 0 Å². The zero-order valence-corrected chi connectivity index (χ0v) is 14.5. The van der Waals surface area contributed by atoms with Crippen LogP contribution in [0, 0.1) is 5.92 Å². The van der Waals surface area contributed by atoms with Crippen LogP contribution in [0.3, 0.4) is 0 Å². The van der Waals surface area contributed by atoms with Crippen molar-refractivity contribution in [2.24, 2.45) is 5.92 Å². The topological polar surface area (TPSA) is 51.7 Å². The molecule has 4 rings (SSSR count). The van der Waals surface area contributed by atoms with Crippen molar-refractivity contribution < 1.29 is 14.3 Å². The molecule has 0 bridgehead atoms. The number of amides is 1. The zero-order valence-electron chi connectivity index (χ0n) is 14.5. The highest BCUT2D eigenvalue weighted by atomic mass is 16.5. The molecule has 5 heteroatoms. The van der Waals surface area contributed by atoms with Crippen LogP contribution in [0.4, 0.5) is 0 Å². The van der Waals surface area contributed by atoms with Crippen LogP contribution in [0.2, 0.25) is 0 Å². The number of carbonyl (C=O) groups is 1. The first-order valence-corrected chi connectivity index (χ1v) is 9.40. The maximum Gasteiger partial charge on any atom is 0.226 e. The summed E-state index contributed by atoms with van der Waals surface area (Å²) in [5.41, 5.74) is 1.10. The molecule has 3 aliphatic rings. The summed E-state index contributed by atoms with van der Waals surface area (Å²) in [6, 6.07) is 4.10. The van der Waals surface area contributed by atoms with Crippen molar-refractivity contribution in [1.82, 2.24) is 9.88 Å². The molecule has 0 N–H and O–H groups in total. The number of hydrogen-bond acceptors (Lipinski definition) is 4. The van der Waals surface area contributed by atoms with Gasteiger partial charge in [0.05, 0.1) is 12.6 Å². The Morgan fingerprint density at radius 3 is 2.96 bits per heavy atom. The molecule has 2 saturated heterocycles. The molecule has 1 amide bonds. The Bertz CT molecular complexity index is 619. The number of allylic oxidation sites excluding steroid dienone is 2. The fourth-order valence-corrected chi connectivity index (χ4v) is 4.24. The van der Waals surface area contributed by atoms with Gasteiger partial charge >= 0.3 is 0 Å². The second-order valence-electron chi connectivity index (χ2n) is 7.22. The second-order valence-corrected chi connectivity index (χ2v) is 7.22. The quantitative estimate of drug-likeness (QED) is 0.790. The van der Waals surface area contributed by atoms with Crippen LogP contribution in [0.15, 0.2) is 36.7 Å². The van der Waals surface area contributed by atoms with Crippen molar-refractivity contribution in [2.75, 3.05) is 13.2 Å². The number of nitrogens with zero attached hydrogens (tertiary/aromatic N) is 2. The first-order valence-electron chi connectivity index (χ1n) is 9.40. The van der Waals surface area contributed by atoms with Crippen molar-refractivity contribution in [2.45, 2.75) is 57.0 Å². The minimum Gasteiger partial charge on any atom is -0.373 e. The second kappa shape index (κ2) is 7.67. The molecular formula is C20H26N2O3. The van der Waals surface area contributed by atoms with E-state index in [0.717, 1.165) is 44.3 Å². The summed E-state index contributed by atoms with van der Waals surface area (Å²) in [5, 5.41) is 0. The number of likely N-dealkylation sites (tertiary alicyclic amines) is 1. The summed E-state index contributed by atoms with van der Waals surface area (Å²) in [4.78, 5) is 19.1. The molecule has 1 aromatic rings. The maximum absolute atomic E-state index is 13.0. The van der Waals surface area contributed by atoms with Gasteiger partial charge in [-0.05, 0) is 49.8 Å². The third kappa shape index (κ3) is 3.62. The van der Waals surface area contributed by atoms with Gasteiger partial charge in [0.2, 0.25) is 5.91 Å². The summed E-state index contributed by atoms with van der Waals surface area (Å²) in [6.45, 7) is 1.96. The summed E-state index contributed by atoms with van der Waals surface area (Å²) >= 11 is 0. The highest BCUT2D eigenvalue weighted by Crippen LogP contribution is 2.33. The lowest BCUT2D eigenvalue weighted by Crippen LogP contribution is -2.45. The van der Waals surface area contributed by atoms with Gasteiger partial charge < -0.3 is 14.4 Å². The van der Waals surface area contributed by atoms with Gasteiger partial charge in [-0.25, -0.2) is 0 Å². The Balaban J connectivity index is 1.44. The van der Waals surface area contributed by atoms with Crippen LogP contribution in [0.5, 0.6) is 0 Å². The molecule has 0 unspecified atom stereocenters. The average molecular weight is 342 g/mol. The van der Waals surface area contributed by atoms with E-state index in [9.17, 15) is 4.79 Å². The number of fused-ring (bicyclic) bond motifs is 1. The molecule has 3 heterocycles. The molecule has 1 aliphatic carbocycles. The van der Waals surface area contributed by atoms with E-state index in [-0.39, 0.29) is 24.2 Å². The summed E-state index contributed by atoms with van der Waals surface area (Å²) in [5.74, 6) is 0.423. The van der Waals surface area contributed by atoms with Crippen molar-refractivity contribution in [1.29, 1.82) is 0 Å². The number of pyridine rings is 1. The Morgan fingerprint density at radius 2 is 2.16 bits per heavy atom. The molecule has 5 nitrogen and oxygen atoms in total. The van der Waals surface area contributed by atoms with E-state index in [1.807, 2.05) is 12.1 Å². The van der Waals surface area contributed by atoms with E-state index in [1.54, 1.807) is 12.4 Å². The highest BCUT2D eigenvalue weighted by Gasteiger charge is 2.47. The van der Waals surface area contributed by atoms with E-state index < -0.39 is 0 Å². The highest BCUT2D eigenvalue weighted by molar-refractivity contribution is 5.80. The first-order chi connectivity index (χ1) is 12.3. The summed E-state index contributed by atoms with van der Waals surface area (Å²) in [6.07, 6.45) is 12.7. The van der Waals surface area contributed by atoms with Crippen molar-refractivity contribution in [3.63, 3.8) is 0 Å². The van der Waals surface area contributed by atoms with Gasteiger partial charge in [-0.15, -0.1) is 0 Å². The van der Waals surface area contributed by atoms with Gasteiger partial charge in [-0.1, -0.05) is 12.2 Å². The lowest BCUT2D eigenvalue weighted by atomic mass is 9.92. The fourth-order valence-electron chi connectivity index (χ4n) is 4.24. The van der Waals surface area contributed by atoms with Crippen molar-refractivity contribution in [3.8, 4) is 0 Å². The van der Waals surface area contributed by atoms with E-state index >= 15 is 0 Å². The van der Waals surface area contributed by atoms with E-state index in [2.05, 4.69) is 22.0 Å². The molecule has 0 saturated carbocycles. The maximum atomic E-state index is 13.0. The number of hydrogen-bond donors (Lipinski definition) is 0. The lowest BCUT2D eigenvalue weighted by molar-refractivity contribution is -0.139. The normalized spacial score (nSPS) is 31.8. The Labute approximate surface area is 149 Å². The Hall–Kier alpha value is -1.72. The van der Waals surface area contributed by atoms with Crippen molar-refractivity contribution >= 4 is 5.91 Å². The molecule has 1 aromatic heterocycles. The molecular weight excluding hydrogens is 316 g/mol. The third-order valence-electron chi connectivity index (χ3n) is 5.59. The monoisotopic (exact) mass is 342 g/mol.